The summed E-state index contributed by atoms with van der Waals surface area (Å²) in [5.41, 5.74) is 2.68. The summed E-state index contributed by atoms with van der Waals surface area (Å²) in [5.74, 6) is -0.288. The van der Waals surface area contributed by atoms with Gasteiger partial charge in [0.15, 0.2) is 0 Å². The summed E-state index contributed by atoms with van der Waals surface area (Å²) in [4.78, 5) is 10.9. The van der Waals surface area contributed by atoms with Crippen molar-refractivity contribution in [3.05, 3.63) is 59.2 Å². The lowest BCUT2D eigenvalue weighted by atomic mass is 10.1. The van der Waals surface area contributed by atoms with Crippen molar-refractivity contribution < 1.29 is 19.7 Å². The Morgan fingerprint density at radius 2 is 2.00 bits per heavy atom. The topological polar surface area (TPSA) is 78.8 Å². The highest BCUT2D eigenvalue weighted by Gasteiger charge is 2.04. The SMILES string of the molecule is COc1cc(CO)cc(NCc2cccc(C(=O)O)c2)c1. The number of carboxylic acid groups (broad SMARTS) is 1. The van der Waals surface area contributed by atoms with Crippen LogP contribution in [0.3, 0.4) is 0 Å². The van der Waals surface area contributed by atoms with Crippen molar-refractivity contribution in [3.8, 4) is 5.75 Å². The molecule has 0 aromatic heterocycles. The minimum absolute atomic E-state index is 0.0691. The van der Waals surface area contributed by atoms with Crippen LogP contribution in [0.25, 0.3) is 0 Å². The first-order valence-corrected chi connectivity index (χ1v) is 6.47. The van der Waals surface area contributed by atoms with E-state index in [1.54, 1.807) is 31.4 Å². The smallest absolute Gasteiger partial charge is 0.335 e. The van der Waals surface area contributed by atoms with Crippen LogP contribution >= 0.6 is 0 Å². The first kappa shape index (κ1) is 14.9. The van der Waals surface area contributed by atoms with Gasteiger partial charge < -0.3 is 20.3 Å². The van der Waals surface area contributed by atoms with Gasteiger partial charge in [-0.3, -0.25) is 0 Å². The minimum Gasteiger partial charge on any atom is -0.497 e. The van der Waals surface area contributed by atoms with Gasteiger partial charge in [0.1, 0.15) is 5.75 Å². The molecule has 110 valence electrons. The highest BCUT2D eigenvalue weighted by atomic mass is 16.5. The van der Waals surface area contributed by atoms with Crippen molar-refractivity contribution in [2.75, 3.05) is 12.4 Å². The van der Waals surface area contributed by atoms with Gasteiger partial charge in [0, 0.05) is 18.3 Å². The number of aliphatic hydroxyl groups excluding tert-OH is 1. The van der Waals surface area contributed by atoms with E-state index < -0.39 is 5.97 Å². The molecule has 2 rings (SSSR count). The summed E-state index contributed by atoms with van der Waals surface area (Å²) in [6.45, 7) is 0.416. The highest BCUT2D eigenvalue weighted by Crippen LogP contribution is 2.21. The van der Waals surface area contributed by atoms with Crippen LogP contribution in [0.5, 0.6) is 5.75 Å². The zero-order valence-electron chi connectivity index (χ0n) is 11.7. The predicted molar refractivity (Wildman–Crippen MR) is 79.6 cm³/mol. The Hall–Kier alpha value is -2.53. The lowest BCUT2D eigenvalue weighted by molar-refractivity contribution is 0.0696. The standard InChI is InChI=1S/C16H17NO4/c1-21-15-7-12(10-18)6-14(8-15)17-9-11-3-2-4-13(5-11)16(19)20/h2-8,17-18H,9-10H2,1H3,(H,19,20). The second-order valence-electron chi connectivity index (χ2n) is 4.59. The molecule has 5 heteroatoms. The van der Waals surface area contributed by atoms with E-state index in [9.17, 15) is 9.90 Å². The Morgan fingerprint density at radius 1 is 1.19 bits per heavy atom. The zero-order chi connectivity index (χ0) is 15.2. The molecule has 5 nitrogen and oxygen atoms in total. The molecular formula is C16H17NO4. The summed E-state index contributed by atoms with van der Waals surface area (Å²) < 4.78 is 5.17. The van der Waals surface area contributed by atoms with Crippen LogP contribution in [0.2, 0.25) is 0 Å². The highest BCUT2D eigenvalue weighted by molar-refractivity contribution is 5.87. The minimum atomic E-state index is -0.944. The van der Waals surface area contributed by atoms with Crippen LogP contribution in [-0.4, -0.2) is 23.3 Å². The number of aliphatic hydroxyl groups is 1. The maximum Gasteiger partial charge on any atom is 0.335 e. The molecule has 0 atom stereocenters. The van der Waals surface area contributed by atoms with E-state index in [1.807, 2.05) is 18.2 Å². The van der Waals surface area contributed by atoms with Gasteiger partial charge in [-0.2, -0.15) is 0 Å². The van der Waals surface area contributed by atoms with Crippen LogP contribution in [0.15, 0.2) is 42.5 Å². The summed E-state index contributed by atoms with van der Waals surface area (Å²) in [6.07, 6.45) is 0. The van der Waals surface area contributed by atoms with Crippen molar-refractivity contribution in [1.82, 2.24) is 0 Å². The number of rotatable bonds is 6. The molecule has 0 aliphatic carbocycles. The average molecular weight is 287 g/mol. The largest absolute Gasteiger partial charge is 0.497 e. The number of nitrogens with one attached hydrogen (secondary N) is 1. The summed E-state index contributed by atoms with van der Waals surface area (Å²) >= 11 is 0. The molecule has 3 N–H and O–H groups in total. The fraction of sp³-hybridized carbons (Fsp3) is 0.188. The van der Waals surface area contributed by atoms with Crippen molar-refractivity contribution in [2.24, 2.45) is 0 Å². The van der Waals surface area contributed by atoms with Gasteiger partial charge in [0.25, 0.3) is 0 Å². The van der Waals surface area contributed by atoms with Crippen molar-refractivity contribution >= 4 is 11.7 Å². The number of hydrogen-bond donors (Lipinski definition) is 3. The van der Waals surface area contributed by atoms with Crippen molar-refractivity contribution in [3.63, 3.8) is 0 Å². The third-order valence-corrected chi connectivity index (χ3v) is 3.06. The number of anilines is 1. The van der Waals surface area contributed by atoms with Gasteiger partial charge in [-0.05, 0) is 35.4 Å². The Bertz CT molecular complexity index is 618. The second kappa shape index (κ2) is 6.76. The molecule has 21 heavy (non-hydrogen) atoms. The fourth-order valence-corrected chi connectivity index (χ4v) is 1.99. The fourth-order valence-electron chi connectivity index (χ4n) is 1.99. The second-order valence-corrected chi connectivity index (χ2v) is 4.59. The Kier molecular flexibility index (Phi) is 4.79. The van der Waals surface area contributed by atoms with E-state index in [2.05, 4.69) is 5.32 Å². The number of carbonyl (C=O) groups is 1. The van der Waals surface area contributed by atoms with Crippen LogP contribution in [0.1, 0.15) is 21.5 Å². The molecule has 0 spiro atoms. The van der Waals surface area contributed by atoms with E-state index in [4.69, 9.17) is 9.84 Å². The third kappa shape index (κ3) is 3.97. The van der Waals surface area contributed by atoms with E-state index in [1.165, 1.54) is 0 Å². The molecule has 2 aromatic rings. The normalized spacial score (nSPS) is 10.2. The molecule has 0 unspecified atom stereocenters. The molecule has 0 heterocycles. The lowest BCUT2D eigenvalue weighted by Gasteiger charge is -2.11. The number of ether oxygens (including phenoxy) is 1. The monoisotopic (exact) mass is 287 g/mol. The van der Waals surface area contributed by atoms with Gasteiger partial charge >= 0.3 is 5.97 Å². The third-order valence-electron chi connectivity index (χ3n) is 3.06. The van der Waals surface area contributed by atoms with E-state index in [0.29, 0.717) is 12.3 Å². The molecule has 0 saturated heterocycles. The molecule has 0 fully saturated rings. The van der Waals surface area contributed by atoms with E-state index in [-0.39, 0.29) is 12.2 Å². The average Bonchev–Trinajstić information content (AvgIpc) is 2.52. The van der Waals surface area contributed by atoms with Crippen LogP contribution < -0.4 is 10.1 Å². The van der Waals surface area contributed by atoms with Crippen LogP contribution in [-0.2, 0) is 13.2 Å². The molecule has 0 aliphatic rings. The first-order chi connectivity index (χ1) is 10.1. The van der Waals surface area contributed by atoms with E-state index in [0.717, 1.165) is 16.8 Å². The van der Waals surface area contributed by atoms with Crippen molar-refractivity contribution in [2.45, 2.75) is 13.2 Å². The maximum atomic E-state index is 10.9. The van der Waals surface area contributed by atoms with Crippen molar-refractivity contribution in [1.29, 1.82) is 0 Å². The van der Waals surface area contributed by atoms with Crippen LogP contribution in [0.4, 0.5) is 5.69 Å². The molecule has 2 aromatic carbocycles. The number of methoxy groups -OCH3 is 1. The predicted octanol–water partition coefficient (Wildman–Crippen LogP) is 2.50. The number of carboxylic acids is 1. The summed E-state index contributed by atoms with van der Waals surface area (Å²) in [7, 11) is 1.57. The summed E-state index contributed by atoms with van der Waals surface area (Å²) in [6, 6.07) is 12.2. The molecule has 0 aliphatic heterocycles. The molecule has 0 bridgehead atoms. The van der Waals surface area contributed by atoms with Gasteiger partial charge in [-0.15, -0.1) is 0 Å². The van der Waals surface area contributed by atoms with Gasteiger partial charge in [0.2, 0.25) is 0 Å². The summed E-state index contributed by atoms with van der Waals surface area (Å²) in [5, 5.41) is 21.4. The molecular weight excluding hydrogens is 270 g/mol. The number of hydrogen-bond acceptors (Lipinski definition) is 4. The molecule has 0 radical (unpaired) electrons. The molecule has 0 saturated carbocycles. The quantitative estimate of drug-likeness (QED) is 0.760. The van der Waals surface area contributed by atoms with Gasteiger partial charge in [0.05, 0.1) is 19.3 Å². The maximum absolute atomic E-state index is 10.9. The Labute approximate surface area is 122 Å². The Balaban J connectivity index is 2.12. The van der Waals surface area contributed by atoms with Gasteiger partial charge in [-0.1, -0.05) is 12.1 Å². The first-order valence-electron chi connectivity index (χ1n) is 6.47. The van der Waals surface area contributed by atoms with Crippen LogP contribution in [0, 0.1) is 0 Å². The number of benzene rings is 2. The number of aromatic carboxylic acids is 1. The van der Waals surface area contributed by atoms with Gasteiger partial charge in [-0.25, -0.2) is 4.79 Å². The Morgan fingerprint density at radius 3 is 2.67 bits per heavy atom. The molecule has 0 amide bonds. The lowest BCUT2D eigenvalue weighted by Crippen LogP contribution is -2.03. The zero-order valence-corrected chi connectivity index (χ0v) is 11.7. The van der Waals surface area contributed by atoms with E-state index >= 15 is 0 Å².